The van der Waals surface area contributed by atoms with Crippen LogP contribution in [-0.4, -0.2) is 36.0 Å². The molecule has 2 unspecified atom stereocenters. The highest BCUT2D eigenvalue weighted by Gasteiger charge is 2.26. The number of aryl methyl sites for hydroxylation is 1. The van der Waals surface area contributed by atoms with Gasteiger partial charge in [0.05, 0.1) is 6.54 Å². The van der Waals surface area contributed by atoms with E-state index in [1.807, 2.05) is 26.0 Å². The van der Waals surface area contributed by atoms with Crippen molar-refractivity contribution in [1.29, 1.82) is 0 Å². The van der Waals surface area contributed by atoms with E-state index in [4.69, 9.17) is 17.3 Å². The molecule has 1 aliphatic rings. The fourth-order valence-corrected chi connectivity index (χ4v) is 3.04. The molecule has 1 aromatic carbocycles. The van der Waals surface area contributed by atoms with Crippen LogP contribution < -0.4 is 11.1 Å². The Labute approximate surface area is 131 Å². The van der Waals surface area contributed by atoms with E-state index in [9.17, 15) is 4.79 Å². The number of nitrogens with two attached hydrogens (primary N) is 1. The SMILES string of the molecule is Cc1ccc(NC(=O)CN2CCCCC2C(C)N)cc1Cl. The van der Waals surface area contributed by atoms with Gasteiger partial charge in [-0.3, -0.25) is 9.69 Å². The van der Waals surface area contributed by atoms with Crippen molar-refractivity contribution in [2.45, 2.75) is 45.2 Å². The van der Waals surface area contributed by atoms with Gasteiger partial charge in [-0.25, -0.2) is 0 Å². The van der Waals surface area contributed by atoms with Crippen LogP contribution in [-0.2, 0) is 4.79 Å². The first kappa shape index (κ1) is 16.3. The normalized spacial score (nSPS) is 21.0. The average molecular weight is 310 g/mol. The summed E-state index contributed by atoms with van der Waals surface area (Å²) in [5.74, 6) is -0.0116. The Balaban J connectivity index is 1.95. The molecule has 1 aromatic rings. The highest BCUT2D eigenvalue weighted by Crippen LogP contribution is 2.21. The second-order valence-corrected chi connectivity index (χ2v) is 6.31. The molecule has 2 rings (SSSR count). The molecular weight excluding hydrogens is 286 g/mol. The van der Waals surface area contributed by atoms with Crippen molar-refractivity contribution in [3.8, 4) is 0 Å². The number of likely N-dealkylation sites (tertiary alicyclic amines) is 1. The average Bonchev–Trinajstić information content (AvgIpc) is 2.43. The Morgan fingerprint density at radius 1 is 1.52 bits per heavy atom. The van der Waals surface area contributed by atoms with E-state index < -0.39 is 0 Å². The quantitative estimate of drug-likeness (QED) is 0.899. The Morgan fingerprint density at radius 3 is 2.95 bits per heavy atom. The second kappa shape index (κ2) is 7.25. The van der Waals surface area contributed by atoms with Gasteiger partial charge in [0.2, 0.25) is 5.91 Å². The maximum absolute atomic E-state index is 12.2. The summed E-state index contributed by atoms with van der Waals surface area (Å²) < 4.78 is 0. The fourth-order valence-electron chi connectivity index (χ4n) is 2.86. The summed E-state index contributed by atoms with van der Waals surface area (Å²) in [5.41, 5.74) is 7.77. The Morgan fingerprint density at radius 2 is 2.29 bits per heavy atom. The number of amides is 1. The number of hydrogen-bond acceptors (Lipinski definition) is 3. The lowest BCUT2D eigenvalue weighted by atomic mass is 9.97. The van der Waals surface area contributed by atoms with Gasteiger partial charge in [-0.1, -0.05) is 24.1 Å². The van der Waals surface area contributed by atoms with Gasteiger partial charge < -0.3 is 11.1 Å². The number of hydrogen-bond donors (Lipinski definition) is 2. The largest absolute Gasteiger partial charge is 0.327 e. The van der Waals surface area contributed by atoms with Crippen molar-refractivity contribution in [3.63, 3.8) is 0 Å². The van der Waals surface area contributed by atoms with Crippen LogP contribution in [0, 0.1) is 6.92 Å². The monoisotopic (exact) mass is 309 g/mol. The molecule has 3 N–H and O–H groups in total. The Hall–Kier alpha value is -1.10. The zero-order chi connectivity index (χ0) is 15.4. The molecule has 5 heteroatoms. The minimum absolute atomic E-state index is 0.0116. The second-order valence-electron chi connectivity index (χ2n) is 5.90. The van der Waals surface area contributed by atoms with Gasteiger partial charge in [0.15, 0.2) is 0 Å². The predicted molar refractivity (Wildman–Crippen MR) is 87.7 cm³/mol. The van der Waals surface area contributed by atoms with Crippen molar-refractivity contribution < 1.29 is 4.79 Å². The Kier molecular flexibility index (Phi) is 5.62. The molecule has 1 aliphatic heterocycles. The summed E-state index contributed by atoms with van der Waals surface area (Å²) >= 11 is 6.08. The third-order valence-corrected chi connectivity index (χ3v) is 4.48. The molecule has 0 spiro atoms. The summed E-state index contributed by atoms with van der Waals surface area (Å²) in [6.07, 6.45) is 3.39. The summed E-state index contributed by atoms with van der Waals surface area (Å²) in [6.45, 7) is 5.28. The number of nitrogens with zero attached hydrogens (tertiary/aromatic N) is 1. The van der Waals surface area contributed by atoms with Gasteiger partial charge in [0.25, 0.3) is 0 Å². The number of benzene rings is 1. The molecule has 0 radical (unpaired) electrons. The topological polar surface area (TPSA) is 58.4 Å². The molecule has 116 valence electrons. The molecule has 21 heavy (non-hydrogen) atoms. The van der Waals surface area contributed by atoms with Crippen molar-refractivity contribution in [1.82, 2.24) is 4.90 Å². The van der Waals surface area contributed by atoms with E-state index in [1.54, 1.807) is 6.07 Å². The predicted octanol–water partition coefficient (Wildman–Crippen LogP) is 2.79. The lowest BCUT2D eigenvalue weighted by molar-refractivity contribution is -0.118. The van der Waals surface area contributed by atoms with Crippen molar-refractivity contribution in [2.75, 3.05) is 18.4 Å². The molecule has 2 atom stereocenters. The molecule has 0 aliphatic carbocycles. The van der Waals surface area contributed by atoms with Crippen LogP contribution >= 0.6 is 11.6 Å². The van der Waals surface area contributed by atoms with Gasteiger partial charge >= 0.3 is 0 Å². The first-order valence-corrected chi connectivity index (χ1v) is 7.91. The highest BCUT2D eigenvalue weighted by molar-refractivity contribution is 6.31. The van der Waals surface area contributed by atoms with Crippen LogP contribution in [0.15, 0.2) is 18.2 Å². The van der Waals surface area contributed by atoms with Gasteiger partial charge in [-0.2, -0.15) is 0 Å². The van der Waals surface area contributed by atoms with Crippen molar-refractivity contribution in [2.24, 2.45) is 5.73 Å². The number of halogens is 1. The standard InChI is InChI=1S/C16H24ClN3O/c1-11-6-7-13(9-14(11)17)19-16(21)10-20-8-4-3-5-15(20)12(2)18/h6-7,9,12,15H,3-5,8,10,18H2,1-2H3,(H,19,21). The van der Waals surface area contributed by atoms with E-state index in [1.165, 1.54) is 6.42 Å². The summed E-state index contributed by atoms with van der Waals surface area (Å²) in [4.78, 5) is 14.4. The first-order valence-electron chi connectivity index (χ1n) is 7.53. The fraction of sp³-hybridized carbons (Fsp3) is 0.562. The number of carbonyl (C=O) groups excluding carboxylic acids is 1. The minimum Gasteiger partial charge on any atom is -0.327 e. The molecule has 1 saturated heterocycles. The van der Waals surface area contributed by atoms with Crippen LogP contribution in [0.3, 0.4) is 0 Å². The van der Waals surface area contributed by atoms with E-state index in [2.05, 4.69) is 10.2 Å². The van der Waals surface area contributed by atoms with Crippen LogP contribution in [0.2, 0.25) is 5.02 Å². The lowest BCUT2D eigenvalue weighted by Crippen LogP contribution is -2.51. The highest BCUT2D eigenvalue weighted by atomic mass is 35.5. The van der Waals surface area contributed by atoms with Crippen LogP contribution in [0.5, 0.6) is 0 Å². The molecule has 0 bridgehead atoms. The molecule has 4 nitrogen and oxygen atoms in total. The van der Waals surface area contributed by atoms with Crippen molar-refractivity contribution in [3.05, 3.63) is 28.8 Å². The number of nitrogens with one attached hydrogen (secondary N) is 1. The zero-order valence-electron chi connectivity index (χ0n) is 12.7. The van der Waals surface area contributed by atoms with Crippen LogP contribution in [0.1, 0.15) is 31.7 Å². The molecular formula is C16H24ClN3O. The first-order chi connectivity index (χ1) is 9.97. The van der Waals surface area contributed by atoms with E-state index in [-0.39, 0.29) is 11.9 Å². The molecule has 0 saturated carbocycles. The Bertz CT molecular complexity index is 504. The lowest BCUT2D eigenvalue weighted by Gasteiger charge is -2.37. The summed E-state index contributed by atoms with van der Waals surface area (Å²) in [5, 5.41) is 3.58. The van der Waals surface area contributed by atoms with E-state index in [0.717, 1.165) is 30.6 Å². The number of piperidine rings is 1. The van der Waals surface area contributed by atoms with Gasteiger partial charge in [0.1, 0.15) is 0 Å². The summed E-state index contributed by atoms with van der Waals surface area (Å²) in [7, 11) is 0. The smallest absolute Gasteiger partial charge is 0.238 e. The number of anilines is 1. The van der Waals surface area contributed by atoms with Gasteiger partial charge in [-0.15, -0.1) is 0 Å². The molecule has 1 heterocycles. The number of carbonyl (C=O) groups is 1. The van der Waals surface area contributed by atoms with Gasteiger partial charge in [0, 0.05) is 22.8 Å². The molecule has 1 fully saturated rings. The number of rotatable bonds is 4. The maximum atomic E-state index is 12.2. The van der Waals surface area contributed by atoms with Gasteiger partial charge in [-0.05, 0) is 50.9 Å². The van der Waals surface area contributed by atoms with Crippen molar-refractivity contribution >= 4 is 23.2 Å². The molecule has 1 amide bonds. The summed E-state index contributed by atoms with van der Waals surface area (Å²) in [6, 6.07) is 5.95. The maximum Gasteiger partial charge on any atom is 0.238 e. The third kappa shape index (κ3) is 4.43. The third-order valence-electron chi connectivity index (χ3n) is 4.07. The molecule has 0 aromatic heterocycles. The van der Waals surface area contributed by atoms with E-state index >= 15 is 0 Å². The zero-order valence-corrected chi connectivity index (χ0v) is 13.5. The minimum atomic E-state index is -0.0116. The van der Waals surface area contributed by atoms with Crippen LogP contribution in [0.4, 0.5) is 5.69 Å². The van der Waals surface area contributed by atoms with Crippen LogP contribution in [0.25, 0.3) is 0 Å². The van der Waals surface area contributed by atoms with E-state index in [0.29, 0.717) is 17.6 Å².